The van der Waals surface area contributed by atoms with Crippen LogP contribution in [0.25, 0.3) is 0 Å². The van der Waals surface area contributed by atoms with E-state index in [1.807, 2.05) is 0 Å². The fourth-order valence-electron chi connectivity index (χ4n) is 3.64. The van der Waals surface area contributed by atoms with Gasteiger partial charge >= 0.3 is 0 Å². The molecule has 118 valence electrons. The van der Waals surface area contributed by atoms with Crippen LogP contribution in [-0.2, 0) is 14.4 Å². The zero-order chi connectivity index (χ0) is 15.8. The lowest BCUT2D eigenvalue weighted by atomic mass is 9.69. The zero-order valence-corrected chi connectivity index (χ0v) is 12.5. The van der Waals surface area contributed by atoms with E-state index in [2.05, 4.69) is 5.32 Å². The third-order valence-corrected chi connectivity index (χ3v) is 4.52. The number of piperidine rings is 1. The van der Waals surface area contributed by atoms with Gasteiger partial charge in [-0.3, -0.25) is 19.7 Å². The molecule has 0 unspecified atom stereocenters. The van der Waals surface area contributed by atoms with Gasteiger partial charge in [0, 0.05) is 24.7 Å². The van der Waals surface area contributed by atoms with Crippen LogP contribution in [0.15, 0.2) is 0 Å². The zero-order valence-electron chi connectivity index (χ0n) is 12.5. The van der Waals surface area contributed by atoms with Gasteiger partial charge in [-0.25, -0.2) is 0 Å². The van der Waals surface area contributed by atoms with Gasteiger partial charge in [0.1, 0.15) is 5.78 Å². The second kappa shape index (κ2) is 5.85. The number of hydrogen-bond acceptors (Lipinski definition) is 5. The molecule has 21 heavy (non-hydrogen) atoms. The second-order valence-corrected chi connectivity index (χ2v) is 6.86. The van der Waals surface area contributed by atoms with Crippen LogP contribution >= 0.6 is 0 Å². The summed E-state index contributed by atoms with van der Waals surface area (Å²) in [6, 6.07) is 0. The molecule has 0 aromatic carbocycles. The number of aliphatic hydroxyl groups excluding tert-OH is 1. The van der Waals surface area contributed by atoms with E-state index in [0.717, 1.165) is 0 Å². The summed E-state index contributed by atoms with van der Waals surface area (Å²) in [5, 5.41) is 22.8. The number of imide groups is 1. The highest BCUT2D eigenvalue weighted by atomic mass is 16.3. The molecule has 0 aromatic heterocycles. The summed E-state index contributed by atoms with van der Waals surface area (Å²) in [5.74, 6) is -1.86. The van der Waals surface area contributed by atoms with Crippen molar-refractivity contribution >= 4 is 17.6 Å². The molecule has 6 nitrogen and oxygen atoms in total. The molecule has 6 heteroatoms. The number of hydrogen-bond donors (Lipinski definition) is 3. The molecule has 2 rings (SSSR count). The number of aliphatic hydroxyl groups is 2. The largest absolute Gasteiger partial charge is 0.392 e. The molecule has 3 N–H and O–H groups in total. The lowest BCUT2D eigenvalue weighted by molar-refractivity contribution is -0.143. The van der Waals surface area contributed by atoms with Gasteiger partial charge in [0.2, 0.25) is 11.8 Å². The highest BCUT2D eigenvalue weighted by Gasteiger charge is 2.43. The van der Waals surface area contributed by atoms with Gasteiger partial charge in [-0.1, -0.05) is 6.92 Å². The van der Waals surface area contributed by atoms with Crippen LogP contribution in [0.1, 0.15) is 46.0 Å². The van der Waals surface area contributed by atoms with E-state index in [4.69, 9.17) is 0 Å². The summed E-state index contributed by atoms with van der Waals surface area (Å²) in [7, 11) is 0. The van der Waals surface area contributed by atoms with Crippen LogP contribution in [0.2, 0.25) is 0 Å². The van der Waals surface area contributed by atoms with Crippen molar-refractivity contribution in [3.8, 4) is 0 Å². The van der Waals surface area contributed by atoms with Crippen LogP contribution in [0.5, 0.6) is 0 Å². The molecule has 0 aromatic rings. The smallest absolute Gasteiger partial charge is 0.226 e. The lowest BCUT2D eigenvalue weighted by Crippen LogP contribution is -2.47. The second-order valence-electron chi connectivity index (χ2n) is 6.86. The molecule has 1 aliphatic carbocycles. The molecule has 4 atom stereocenters. The summed E-state index contributed by atoms with van der Waals surface area (Å²) in [5.41, 5.74) is -0.960. The fraction of sp³-hybridized carbons (Fsp3) is 0.800. The Balaban J connectivity index is 2.01. The Labute approximate surface area is 123 Å². The first-order valence-electron chi connectivity index (χ1n) is 7.45. The monoisotopic (exact) mass is 297 g/mol. The van der Waals surface area contributed by atoms with Crippen LogP contribution in [-0.4, -0.2) is 39.5 Å². The quantitative estimate of drug-likeness (QED) is 0.644. The third-order valence-electron chi connectivity index (χ3n) is 4.52. The van der Waals surface area contributed by atoms with Gasteiger partial charge in [0.25, 0.3) is 0 Å². The third kappa shape index (κ3) is 3.89. The molecule has 1 saturated heterocycles. The average molecular weight is 297 g/mol. The maximum absolute atomic E-state index is 12.2. The van der Waals surface area contributed by atoms with Gasteiger partial charge in [-0.2, -0.15) is 0 Å². The lowest BCUT2D eigenvalue weighted by Gasteiger charge is -2.39. The van der Waals surface area contributed by atoms with E-state index in [0.29, 0.717) is 6.42 Å². The molecule has 0 bridgehead atoms. The Hall–Kier alpha value is -1.27. The predicted molar refractivity (Wildman–Crippen MR) is 74.0 cm³/mol. The van der Waals surface area contributed by atoms with Crippen LogP contribution in [0.4, 0.5) is 0 Å². The summed E-state index contributed by atoms with van der Waals surface area (Å²) in [6.45, 7) is 3.43. The predicted octanol–water partition coefficient (Wildman–Crippen LogP) is 0.156. The van der Waals surface area contributed by atoms with Gasteiger partial charge in [-0.05, 0) is 32.1 Å². The van der Waals surface area contributed by atoms with Crippen molar-refractivity contribution in [3.63, 3.8) is 0 Å². The highest BCUT2D eigenvalue weighted by molar-refractivity contribution is 5.97. The number of nitrogens with one attached hydrogen (secondary N) is 1. The molecule has 0 radical (unpaired) electrons. The highest BCUT2D eigenvalue weighted by Crippen LogP contribution is 2.37. The Kier molecular flexibility index (Phi) is 4.49. The van der Waals surface area contributed by atoms with E-state index >= 15 is 0 Å². The van der Waals surface area contributed by atoms with Crippen molar-refractivity contribution in [2.45, 2.75) is 57.7 Å². The molecule has 1 saturated carbocycles. The maximum Gasteiger partial charge on any atom is 0.226 e. The Bertz CT molecular complexity index is 443. The first kappa shape index (κ1) is 16.1. The summed E-state index contributed by atoms with van der Waals surface area (Å²) < 4.78 is 0. The van der Waals surface area contributed by atoms with Crippen molar-refractivity contribution in [1.29, 1.82) is 0 Å². The number of Topliss-reactive ketones (excluding diaryl/α,β-unsaturated/α-hetero) is 1. The minimum absolute atomic E-state index is 0.0411. The van der Waals surface area contributed by atoms with E-state index in [1.54, 1.807) is 13.8 Å². The Morgan fingerprint density at radius 3 is 2.38 bits per heavy atom. The fourth-order valence-corrected chi connectivity index (χ4v) is 3.64. The normalized spacial score (nSPS) is 36.5. The van der Waals surface area contributed by atoms with Gasteiger partial charge < -0.3 is 10.2 Å². The van der Waals surface area contributed by atoms with Crippen LogP contribution in [0, 0.1) is 17.8 Å². The molecule has 0 spiro atoms. The number of ketones is 1. The molecular weight excluding hydrogens is 274 g/mol. The Morgan fingerprint density at radius 1 is 1.24 bits per heavy atom. The molecule has 2 amide bonds. The van der Waals surface area contributed by atoms with Crippen molar-refractivity contribution < 1.29 is 24.6 Å². The van der Waals surface area contributed by atoms with Crippen LogP contribution < -0.4 is 5.32 Å². The summed E-state index contributed by atoms with van der Waals surface area (Å²) in [6.07, 6.45) is 0.322. The number of rotatable bonds is 3. The van der Waals surface area contributed by atoms with Crippen molar-refractivity contribution in [2.75, 3.05) is 0 Å². The molecular formula is C15H23NO5. The molecule has 2 fully saturated rings. The van der Waals surface area contributed by atoms with Crippen molar-refractivity contribution in [2.24, 2.45) is 17.8 Å². The average Bonchev–Trinajstić information content (AvgIpc) is 2.31. The molecule has 1 heterocycles. The maximum atomic E-state index is 12.2. The standard InChI is InChI=1S/C15H23NO5/c1-8-6-15(2,21)7-10(14(8)20)11(17)3-9-4-12(18)16-13(19)5-9/h8-11,17,21H,3-7H2,1-2H3,(H,16,18,19)/t8-,10-,11+,15+/m0/s1. The van der Waals surface area contributed by atoms with E-state index in [9.17, 15) is 24.6 Å². The van der Waals surface area contributed by atoms with Gasteiger partial charge in [0.15, 0.2) is 0 Å². The minimum atomic E-state index is -0.960. The van der Waals surface area contributed by atoms with Crippen molar-refractivity contribution in [3.05, 3.63) is 0 Å². The van der Waals surface area contributed by atoms with Gasteiger partial charge in [0.05, 0.1) is 11.7 Å². The van der Waals surface area contributed by atoms with Crippen LogP contribution in [0.3, 0.4) is 0 Å². The topological polar surface area (TPSA) is 104 Å². The summed E-state index contributed by atoms with van der Waals surface area (Å²) in [4.78, 5) is 34.9. The number of carbonyl (C=O) groups excluding carboxylic acids is 3. The van der Waals surface area contributed by atoms with E-state index in [-0.39, 0.29) is 55.1 Å². The number of amides is 2. The summed E-state index contributed by atoms with van der Waals surface area (Å²) >= 11 is 0. The van der Waals surface area contributed by atoms with E-state index in [1.165, 1.54) is 0 Å². The molecule has 1 aliphatic heterocycles. The molecule has 2 aliphatic rings. The Morgan fingerprint density at radius 2 is 1.81 bits per heavy atom. The van der Waals surface area contributed by atoms with Gasteiger partial charge in [-0.15, -0.1) is 0 Å². The number of carbonyl (C=O) groups is 3. The SMILES string of the molecule is C[C@H]1C[C@@](C)(O)C[C@@H]([C@H](O)CC2CC(=O)NC(=O)C2)C1=O. The minimum Gasteiger partial charge on any atom is -0.392 e. The first-order chi connectivity index (χ1) is 9.68. The van der Waals surface area contributed by atoms with Crippen molar-refractivity contribution in [1.82, 2.24) is 5.32 Å². The van der Waals surface area contributed by atoms with E-state index < -0.39 is 17.6 Å². The first-order valence-corrected chi connectivity index (χ1v) is 7.45.